The van der Waals surface area contributed by atoms with E-state index in [0.717, 1.165) is 13.0 Å². The van der Waals surface area contributed by atoms with Crippen molar-refractivity contribution in [1.29, 1.82) is 0 Å². The third-order valence-electron chi connectivity index (χ3n) is 3.68. The maximum atomic E-state index is 6.45. The summed E-state index contributed by atoms with van der Waals surface area (Å²) in [5, 5.41) is 0. The lowest BCUT2D eigenvalue weighted by Crippen LogP contribution is -2.41. The van der Waals surface area contributed by atoms with Crippen LogP contribution in [0.2, 0.25) is 0 Å². The SMILES string of the molecule is Cc1ccc(C2C(N)CCCCN2CC(C)C)s1. The fourth-order valence-corrected chi connectivity index (χ4v) is 4.03. The molecule has 18 heavy (non-hydrogen) atoms. The topological polar surface area (TPSA) is 29.3 Å². The Kier molecular flexibility index (Phi) is 4.82. The molecule has 1 aliphatic heterocycles. The fourth-order valence-electron chi connectivity index (χ4n) is 2.94. The van der Waals surface area contributed by atoms with Gasteiger partial charge in [-0.2, -0.15) is 0 Å². The zero-order valence-corrected chi connectivity index (χ0v) is 12.7. The lowest BCUT2D eigenvalue weighted by atomic mass is 10.0. The van der Waals surface area contributed by atoms with Crippen LogP contribution in [0.25, 0.3) is 0 Å². The van der Waals surface area contributed by atoms with Crippen molar-refractivity contribution < 1.29 is 0 Å². The average molecular weight is 266 g/mol. The van der Waals surface area contributed by atoms with Crippen LogP contribution in [0.15, 0.2) is 12.1 Å². The van der Waals surface area contributed by atoms with Gasteiger partial charge in [0.15, 0.2) is 0 Å². The molecular weight excluding hydrogens is 240 g/mol. The highest BCUT2D eigenvalue weighted by Crippen LogP contribution is 2.34. The molecule has 1 aliphatic rings. The Bertz CT molecular complexity index is 372. The minimum atomic E-state index is 0.296. The number of aryl methyl sites for hydroxylation is 1. The molecule has 0 radical (unpaired) electrons. The first kappa shape index (κ1) is 14.0. The van der Waals surface area contributed by atoms with Gasteiger partial charge in [-0.05, 0) is 44.4 Å². The van der Waals surface area contributed by atoms with E-state index in [2.05, 4.69) is 37.8 Å². The quantitative estimate of drug-likeness (QED) is 0.906. The summed E-state index contributed by atoms with van der Waals surface area (Å²) in [7, 11) is 0. The van der Waals surface area contributed by atoms with Gasteiger partial charge in [-0.3, -0.25) is 4.90 Å². The van der Waals surface area contributed by atoms with Gasteiger partial charge in [-0.15, -0.1) is 11.3 Å². The Morgan fingerprint density at radius 3 is 2.78 bits per heavy atom. The summed E-state index contributed by atoms with van der Waals surface area (Å²) in [6, 6.07) is 5.24. The number of hydrogen-bond acceptors (Lipinski definition) is 3. The molecule has 2 N–H and O–H groups in total. The van der Waals surface area contributed by atoms with Crippen molar-refractivity contribution in [2.75, 3.05) is 13.1 Å². The van der Waals surface area contributed by atoms with Gasteiger partial charge in [0.25, 0.3) is 0 Å². The van der Waals surface area contributed by atoms with E-state index in [1.54, 1.807) is 0 Å². The van der Waals surface area contributed by atoms with E-state index in [1.165, 1.54) is 29.1 Å². The second-order valence-corrected chi connectivity index (χ2v) is 7.26. The molecule has 3 heteroatoms. The van der Waals surface area contributed by atoms with Gasteiger partial charge < -0.3 is 5.73 Å². The summed E-state index contributed by atoms with van der Waals surface area (Å²) in [5.74, 6) is 0.707. The Morgan fingerprint density at radius 2 is 2.17 bits per heavy atom. The van der Waals surface area contributed by atoms with Gasteiger partial charge in [-0.25, -0.2) is 0 Å². The molecule has 1 aromatic heterocycles. The highest BCUT2D eigenvalue weighted by Gasteiger charge is 2.29. The van der Waals surface area contributed by atoms with E-state index >= 15 is 0 Å². The van der Waals surface area contributed by atoms with E-state index in [1.807, 2.05) is 11.3 Å². The molecule has 0 amide bonds. The largest absolute Gasteiger partial charge is 0.326 e. The molecule has 0 aliphatic carbocycles. The molecule has 1 saturated heterocycles. The molecule has 2 rings (SSSR count). The Balaban J connectivity index is 2.22. The van der Waals surface area contributed by atoms with Crippen molar-refractivity contribution in [3.8, 4) is 0 Å². The van der Waals surface area contributed by atoms with Gasteiger partial charge in [0.1, 0.15) is 0 Å². The molecule has 0 aromatic carbocycles. The van der Waals surface area contributed by atoms with Crippen LogP contribution in [0.1, 0.15) is 48.9 Å². The highest BCUT2D eigenvalue weighted by molar-refractivity contribution is 7.12. The first-order chi connectivity index (χ1) is 8.58. The molecule has 2 atom stereocenters. The van der Waals surface area contributed by atoms with Crippen LogP contribution in [-0.4, -0.2) is 24.0 Å². The van der Waals surface area contributed by atoms with Crippen molar-refractivity contribution in [3.05, 3.63) is 21.9 Å². The molecule has 1 fully saturated rings. The van der Waals surface area contributed by atoms with Gasteiger partial charge in [0.2, 0.25) is 0 Å². The molecule has 0 bridgehead atoms. The minimum Gasteiger partial charge on any atom is -0.326 e. The summed E-state index contributed by atoms with van der Waals surface area (Å²) in [4.78, 5) is 5.47. The van der Waals surface area contributed by atoms with Gasteiger partial charge >= 0.3 is 0 Å². The summed E-state index contributed by atoms with van der Waals surface area (Å²) in [6.07, 6.45) is 3.73. The normalized spacial score (nSPS) is 26.5. The van der Waals surface area contributed by atoms with E-state index in [9.17, 15) is 0 Å². The second-order valence-electron chi connectivity index (χ2n) is 5.94. The molecule has 1 aromatic rings. The maximum Gasteiger partial charge on any atom is 0.0593 e. The standard InChI is InChI=1S/C15H26N2S/c1-11(2)10-17-9-5-4-6-13(16)15(17)14-8-7-12(3)18-14/h7-8,11,13,15H,4-6,9-10,16H2,1-3H3. The van der Waals surface area contributed by atoms with Crippen molar-refractivity contribution >= 4 is 11.3 Å². The second kappa shape index (κ2) is 6.18. The Hall–Kier alpha value is -0.380. The third kappa shape index (κ3) is 3.34. The number of likely N-dealkylation sites (tertiary alicyclic amines) is 1. The van der Waals surface area contributed by atoms with Crippen LogP contribution in [0.5, 0.6) is 0 Å². The molecule has 2 heterocycles. The fraction of sp³-hybridized carbons (Fsp3) is 0.733. The highest BCUT2D eigenvalue weighted by atomic mass is 32.1. The number of rotatable bonds is 3. The monoisotopic (exact) mass is 266 g/mol. The summed E-state index contributed by atoms with van der Waals surface area (Å²) in [5.41, 5.74) is 6.45. The lowest BCUT2D eigenvalue weighted by molar-refractivity contribution is 0.168. The molecule has 102 valence electrons. The summed E-state index contributed by atoms with van der Waals surface area (Å²) >= 11 is 1.92. The van der Waals surface area contributed by atoms with Crippen LogP contribution in [0.4, 0.5) is 0 Å². The third-order valence-corrected chi connectivity index (χ3v) is 4.76. The van der Waals surface area contributed by atoms with Gasteiger partial charge in [0, 0.05) is 22.3 Å². The number of nitrogens with two attached hydrogens (primary N) is 1. The number of thiophene rings is 1. The van der Waals surface area contributed by atoms with Crippen LogP contribution in [-0.2, 0) is 0 Å². The smallest absolute Gasteiger partial charge is 0.0593 e. The lowest BCUT2D eigenvalue weighted by Gasteiger charge is -2.34. The molecule has 2 unspecified atom stereocenters. The summed E-state index contributed by atoms with van der Waals surface area (Å²) < 4.78 is 0. The van der Waals surface area contributed by atoms with Crippen LogP contribution in [0.3, 0.4) is 0 Å². The Morgan fingerprint density at radius 1 is 1.39 bits per heavy atom. The van der Waals surface area contributed by atoms with E-state index < -0.39 is 0 Å². The van der Waals surface area contributed by atoms with E-state index in [4.69, 9.17) is 5.73 Å². The van der Waals surface area contributed by atoms with Crippen molar-refractivity contribution in [3.63, 3.8) is 0 Å². The molecular formula is C15H26N2S. The first-order valence-corrected chi connectivity index (χ1v) is 7.95. The molecule has 2 nitrogen and oxygen atoms in total. The zero-order chi connectivity index (χ0) is 13.1. The predicted octanol–water partition coefficient (Wildman–Crippen LogP) is 3.57. The van der Waals surface area contributed by atoms with Gasteiger partial charge in [0.05, 0.1) is 6.04 Å². The summed E-state index contributed by atoms with van der Waals surface area (Å²) in [6.45, 7) is 9.15. The van der Waals surface area contributed by atoms with Crippen molar-refractivity contribution in [2.24, 2.45) is 11.7 Å². The molecule has 0 spiro atoms. The van der Waals surface area contributed by atoms with Crippen molar-refractivity contribution in [2.45, 2.75) is 52.1 Å². The van der Waals surface area contributed by atoms with Crippen LogP contribution in [0, 0.1) is 12.8 Å². The maximum absolute atomic E-state index is 6.45. The van der Waals surface area contributed by atoms with E-state index in [-0.39, 0.29) is 0 Å². The zero-order valence-electron chi connectivity index (χ0n) is 11.9. The first-order valence-electron chi connectivity index (χ1n) is 7.14. The number of nitrogens with zero attached hydrogens (tertiary/aromatic N) is 1. The minimum absolute atomic E-state index is 0.296. The van der Waals surface area contributed by atoms with E-state index in [0.29, 0.717) is 18.0 Å². The van der Waals surface area contributed by atoms with Crippen LogP contribution >= 0.6 is 11.3 Å². The average Bonchev–Trinajstić information content (AvgIpc) is 2.62. The molecule has 0 saturated carbocycles. The predicted molar refractivity (Wildman–Crippen MR) is 80.0 cm³/mol. The van der Waals surface area contributed by atoms with Gasteiger partial charge in [-0.1, -0.05) is 20.3 Å². The number of hydrogen-bond donors (Lipinski definition) is 1. The Labute approximate surface area is 115 Å². The van der Waals surface area contributed by atoms with Crippen LogP contribution < -0.4 is 5.73 Å². The van der Waals surface area contributed by atoms with Crippen molar-refractivity contribution in [1.82, 2.24) is 4.90 Å².